The van der Waals surface area contributed by atoms with Gasteiger partial charge in [0.25, 0.3) is 5.69 Å². The molecule has 0 aromatic heterocycles. The standard InChI is InChI=1S/C15H19N3O6/c1-7(19)16-10-6-12-9(5-11(10)18(22)23)13(17-8(2)20)14(21)15(3,4)24-12/h5-6,13-14,21H,1-4H3,(H,16,19)(H,17,20)/t13-,14+/m1/s1. The highest BCUT2D eigenvalue weighted by Crippen LogP contribution is 2.44. The highest BCUT2D eigenvalue weighted by Gasteiger charge is 2.44. The van der Waals surface area contributed by atoms with Crippen LogP contribution in [0.15, 0.2) is 12.1 Å². The van der Waals surface area contributed by atoms with Gasteiger partial charge in [0.1, 0.15) is 23.1 Å². The van der Waals surface area contributed by atoms with Gasteiger partial charge in [-0.1, -0.05) is 0 Å². The van der Waals surface area contributed by atoms with Crippen LogP contribution in [0.5, 0.6) is 5.75 Å². The van der Waals surface area contributed by atoms with E-state index in [1.807, 2.05) is 0 Å². The number of carbonyl (C=O) groups is 2. The molecule has 0 aliphatic carbocycles. The molecule has 2 amide bonds. The highest BCUT2D eigenvalue weighted by atomic mass is 16.6. The topological polar surface area (TPSA) is 131 Å². The minimum atomic E-state index is -1.11. The molecule has 1 heterocycles. The molecule has 0 saturated carbocycles. The number of nitrogens with one attached hydrogen (secondary N) is 2. The Morgan fingerprint density at radius 2 is 1.92 bits per heavy atom. The van der Waals surface area contributed by atoms with Gasteiger partial charge in [-0.05, 0) is 13.8 Å². The summed E-state index contributed by atoms with van der Waals surface area (Å²) in [4.78, 5) is 33.4. The van der Waals surface area contributed by atoms with Gasteiger partial charge < -0.3 is 20.5 Å². The second kappa shape index (κ2) is 6.08. The molecule has 1 aromatic carbocycles. The minimum Gasteiger partial charge on any atom is -0.485 e. The van der Waals surface area contributed by atoms with Crippen molar-refractivity contribution in [2.75, 3.05) is 5.32 Å². The summed E-state index contributed by atoms with van der Waals surface area (Å²) in [5, 5.41) is 26.7. The van der Waals surface area contributed by atoms with Crippen molar-refractivity contribution >= 4 is 23.2 Å². The third kappa shape index (κ3) is 3.30. The van der Waals surface area contributed by atoms with Crippen LogP contribution >= 0.6 is 0 Å². The number of aliphatic hydroxyl groups excluding tert-OH is 1. The molecule has 0 spiro atoms. The summed E-state index contributed by atoms with van der Waals surface area (Å²) >= 11 is 0. The summed E-state index contributed by atoms with van der Waals surface area (Å²) in [5.41, 5.74) is -1.13. The number of nitro groups is 1. The Kier molecular flexibility index (Phi) is 4.48. The van der Waals surface area contributed by atoms with Crippen molar-refractivity contribution in [1.82, 2.24) is 5.32 Å². The minimum absolute atomic E-state index is 0.0139. The number of ether oxygens (including phenoxy) is 1. The number of amides is 2. The summed E-state index contributed by atoms with van der Waals surface area (Å²) in [7, 11) is 0. The van der Waals surface area contributed by atoms with Gasteiger partial charge in [-0.2, -0.15) is 0 Å². The van der Waals surface area contributed by atoms with Crippen LogP contribution in [0.25, 0.3) is 0 Å². The maximum atomic E-state index is 11.5. The van der Waals surface area contributed by atoms with E-state index in [0.717, 1.165) is 0 Å². The molecule has 130 valence electrons. The zero-order valence-corrected chi connectivity index (χ0v) is 13.7. The van der Waals surface area contributed by atoms with E-state index < -0.39 is 34.5 Å². The number of fused-ring (bicyclic) bond motifs is 1. The Labute approximate surface area is 138 Å². The first-order valence-corrected chi connectivity index (χ1v) is 7.27. The Balaban J connectivity index is 2.64. The normalized spacial score (nSPS) is 21.2. The first kappa shape index (κ1) is 17.7. The number of nitrogens with zero attached hydrogens (tertiary/aromatic N) is 1. The summed E-state index contributed by atoms with van der Waals surface area (Å²) in [5.74, 6) is -0.610. The zero-order chi connectivity index (χ0) is 18.2. The summed E-state index contributed by atoms with van der Waals surface area (Å²) in [6, 6.07) is 1.66. The lowest BCUT2D eigenvalue weighted by atomic mass is 9.86. The van der Waals surface area contributed by atoms with Crippen molar-refractivity contribution in [2.45, 2.75) is 45.4 Å². The van der Waals surface area contributed by atoms with Gasteiger partial charge in [-0.3, -0.25) is 19.7 Å². The molecule has 24 heavy (non-hydrogen) atoms. The van der Waals surface area contributed by atoms with Crippen LogP contribution in [0.1, 0.15) is 39.3 Å². The van der Waals surface area contributed by atoms with Crippen LogP contribution < -0.4 is 15.4 Å². The molecule has 3 N–H and O–H groups in total. The molecular weight excluding hydrogens is 318 g/mol. The molecule has 1 aromatic rings. The number of rotatable bonds is 3. The Morgan fingerprint density at radius 1 is 1.29 bits per heavy atom. The van der Waals surface area contributed by atoms with Crippen LogP contribution in [0, 0.1) is 10.1 Å². The third-order valence-corrected chi connectivity index (χ3v) is 3.73. The number of anilines is 1. The molecule has 0 unspecified atom stereocenters. The summed E-state index contributed by atoms with van der Waals surface area (Å²) in [6.45, 7) is 5.79. The fourth-order valence-electron chi connectivity index (χ4n) is 2.65. The van der Waals surface area contributed by atoms with E-state index in [1.165, 1.54) is 26.0 Å². The van der Waals surface area contributed by atoms with Crippen molar-refractivity contribution in [2.24, 2.45) is 0 Å². The van der Waals surface area contributed by atoms with Gasteiger partial charge in [-0.25, -0.2) is 0 Å². The molecule has 9 nitrogen and oxygen atoms in total. The van der Waals surface area contributed by atoms with Crippen LogP contribution in [-0.2, 0) is 9.59 Å². The van der Waals surface area contributed by atoms with Crippen molar-refractivity contribution in [3.8, 4) is 5.75 Å². The number of nitro benzene ring substituents is 1. The maximum Gasteiger partial charge on any atom is 0.293 e. The fourth-order valence-corrected chi connectivity index (χ4v) is 2.65. The molecule has 0 radical (unpaired) electrons. The second-order valence-corrected chi connectivity index (χ2v) is 6.17. The highest BCUT2D eigenvalue weighted by molar-refractivity contribution is 5.92. The average molecular weight is 337 g/mol. The molecule has 0 saturated heterocycles. The first-order chi connectivity index (χ1) is 11.0. The van der Waals surface area contributed by atoms with E-state index in [1.54, 1.807) is 13.8 Å². The van der Waals surface area contributed by atoms with Gasteiger partial charge in [0, 0.05) is 31.5 Å². The van der Waals surface area contributed by atoms with E-state index in [-0.39, 0.29) is 22.7 Å². The van der Waals surface area contributed by atoms with E-state index in [9.17, 15) is 24.8 Å². The van der Waals surface area contributed by atoms with E-state index in [0.29, 0.717) is 0 Å². The van der Waals surface area contributed by atoms with Crippen molar-refractivity contribution in [3.05, 3.63) is 27.8 Å². The van der Waals surface area contributed by atoms with Crippen LogP contribution in [-0.4, -0.2) is 33.5 Å². The van der Waals surface area contributed by atoms with E-state index in [4.69, 9.17) is 4.74 Å². The molecule has 1 aliphatic rings. The number of hydrogen-bond donors (Lipinski definition) is 3. The molecule has 9 heteroatoms. The van der Waals surface area contributed by atoms with Gasteiger partial charge in [0.15, 0.2) is 0 Å². The zero-order valence-electron chi connectivity index (χ0n) is 13.7. The average Bonchev–Trinajstić information content (AvgIpc) is 2.41. The predicted octanol–water partition coefficient (Wildman–Crippen LogP) is 1.26. The van der Waals surface area contributed by atoms with Crippen LogP contribution in [0.2, 0.25) is 0 Å². The number of hydrogen-bond acceptors (Lipinski definition) is 6. The molecule has 1 aliphatic heterocycles. The molecule has 2 rings (SSSR count). The first-order valence-electron chi connectivity index (χ1n) is 7.27. The van der Waals surface area contributed by atoms with E-state index in [2.05, 4.69) is 10.6 Å². The number of carbonyl (C=O) groups excluding carboxylic acids is 2. The Morgan fingerprint density at radius 3 is 2.42 bits per heavy atom. The number of benzene rings is 1. The third-order valence-electron chi connectivity index (χ3n) is 3.73. The second-order valence-electron chi connectivity index (χ2n) is 6.17. The van der Waals surface area contributed by atoms with Crippen LogP contribution in [0.4, 0.5) is 11.4 Å². The van der Waals surface area contributed by atoms with Gasteiger partial charge in [0.05, 0.1) is 11.0 Å². The molecule has 2 atom stereocenters. The lowest BCUT2D eigenvalue weighted by Crippen LogP contribution is -2.53. The predicted molar refractivity (Wildman–Crippen MR) is 84.7 cm³/mol. The fraction of sp³-hybridized carbons (Fsp3) is 0.467. The van der Waals surface area contributed by atoms with E-state index >= 15 is 0 Å². The summed E-state index contributed by atoms with van der Waals surface area (Å²) < 4.78 is 5.73. The summed E-state index contributed by atoms with van der Waals surface area (Å²) in [6.07, 6.45) is -1.11. The molecule has 0 fully saturated rings. The largest absolute Gasteiger partial charge is 0.485 e. The Hall–Kier alpha value is -2.68. The quantitative estimate of drug-likeness (QED) is 0.562. The van der Waals surface area contributed by atoms with Gasteiger partial charge in [-0.15, -0.1) is 0 Å². The van der Waals surface area contributed by atoms with Crippen LogP contribution in [0.3, 0.4) is 0 Å². The van der Waals surface area contributed by atoms with Gasteiger partial charge >= 0.3 is 0 Å². The van der Waals surface area contributed by atoms with Crippen molar-refractivity contribution in [1.29, 1.82) is 0 Å². The molecule has 0 bridgehead atoms. The lowest BCUT2D eigenvalue weighted by molar-refractivity contribution is -0.384. The molecular formula is C15H19N3O6. The van der Waals surface area contributed by atoms with Crippen molar-refractivity contribution in [3.63, 3.8) is 0 Å². The van der Waals surface area contributed by atoms with Crippen molar-refractivity contribution < 1.29 is 24.4 Å². The SMILES string of the molecule is CC(=O)Nc1cc2c(cc1[N+](=O)[O-])[C@@H](NC(C)=O)[C@H](O)C(C)(C)O2. The smallest absolute Gasteiger partial charge is 0.293 e. The number of aliphatic hydroxyl groups is 1. The van der Waals surface area contributed by atoms with Gasteiger partial charge in [0.2, 0.25) is 11.8 Å². The Bertz CT molecular complexity index is 715. The lowest BCUT2D eigenvalue weighted by Gasteiger charge is -2.42. The maximum absolute atomic E-state index is 11.5. The monoisotopic (exact) mass is 337 g/mol.